The van der Waals surface area contributed by atoms with Gasteiger partial charge in [0.25, 0.3) is 0 Å². The minimum Gasteiger partial charge on any atom is -0.341 e. The van der Waals surface area contributed by atoms with Gasteiger partial charge in [0.15, 0.2) is 10.8 Å². The van der Waals surface area contributed by atoms with Gasteiger partial charge < -0.3 is 10.2 Å². The molecule has 2 aromatic heterocycles. The summed E-state index contributed by atoms with van der Waals surface area (Å²) < 4.78 is 39.2. The molecule has 0 radical (unpaired) electrons. The Balaban J connectivity index is 2.06. The summed E-state index contributed by atoms with van der Waals surface area (Å²) in [6.07, 6.45) is -1.12. The number of thioether (sulfide) groups is 1. The van der Waals surface area contributed by atoms with Crippen molar-refractivity contribution in [1.29, 1.82) is 0 Å². The lowest BCUT2D eigenvalue weighted by atomic mass is 10.2. The number of benzene rings is 1. The second-order valence-corrected chi connectivity index (χ2v) is 7.22. The topological polar surface area (TPSA) is 66.8 Å². The number of aromatic nitrogens is 4. The summed E-state index contributed by atoms with van der Waals surface area (Å²) in [6.45, 7) is 9.17. The van der Waals surface area contributed by atoms with Crippen LogP contribution in [0.3, 0.4) is 0 Å². The number of hydrogen-bond acceptors (Lipinski definition) is 7. The molecule has 6 nitrogen and oxygen atoms in total. The van der Waals surface area contributed by atoms with Crippen molar-refractivity contribution in [2.45, 2.75) is 25.2 Å². The van der Waals surface area contributed by atoms with Crippen molar-refractivity contribution >= 4 is 40.2 Å². The van der Waals surface area contributed by atoms with E-state index in [1.165, 1.54) is 17.8 Å². The Labute approximate surface area is 176 Å². The first kappa shape index (κ1) is 21.8. The van der Waals surface area contributed by atoms with Crippen LogP contribution in [0.25, 0.3) is 11.0 Å². The van der Waals surface area contributed by atoms with Gasteiger partial charge in [-0.3, -0.25) is 0 Å². The zero-order valence-electron chi connectivity index (χ0n) is 16.6. The van der Waals surface area contributed by atoms with E-state index in [1.54, 1.807) is 18.3 Å². The molecular weight excluding hydrogens is 413 g/mol. The molecule has 1 N–H and O–H groups in total. The van der Waals surface area contributed by atoms with Crippen LogP contribution in [0.15, 0.2) is 48.3 Å². The second kappa shape index (κ2) is 9.29. The van der Waals surface area contributed by atoms with Gasteiger partial charge in [-0.15, -0.1) is 6.58 Å². The molecule has 3 aromatic rings. The molecule has 0 saturated carbocycles. The number of fused-ring (bicyclic) bond motifs is 1. The predicted octanol–water partition coefficient (Wildman–Crippen LogP) is 5.31. The number of rotatable bonds is 8. The predicted molar refractivity (Wildman–Crippen MR) is 114 cm³/mol. The fraction of sp³-hybridized carbons (Fsp3) is 0.300. The first-order chi connectivity index (χ1) is 14.4. The van der Waals surface area contributed by atoms with Crippen molar-refractivity contribution in [2.75, 3.05) is 29.1 Å². The van der Waals surface area contributed by atoms with Crippen LogP contribution in [0.5, 0.6) is 0 Å². The molecule has 2 heterocycles. The van der Waals surface area contributed by atoms with Crippen molar-refractivity contribution in [2.24, 2.45) is 0 Å². The van der Waals surface area contributed by atoms with E-state index in [0.29, 0.717) is 33.7 Å². The average Bonchev–Trinajstić information content (AvgIpc) is 2.72. The van der Waals surface area contributed by atoms with Crippen LogP contribution in [0.1, 0.15) is 19.4 Å². The fourth-order valence-electron chi connectivity index (χ4n) is 2.75. The lowest BCUT2D eigenvalue weighted by Gasteiger charge is -2.18. The van der Waals surface area contributed by atoms with Gasteiger partial charge in [0.1, 0.15) is 5.82 Å². The minimum atomic E-state index is -4.43. The van der Waals surface area contributed by atoms with E-state index in [0.717, 1.165) is 25.2 Å². The van der Waals surface area contributed by atoms with E-state index in [9.17, 15) is 13.2 Å². The Morgan fingerprint density at radius 2 is 1.93 bits per heavy atom. The molecule has 10 heteroatoms. The standard InChI is InChI=1S/C20H21F3N6S/c1-4-10-30-19-27-16(25-14-9-7-8-13(11-14)20(21,22)23)15-12-24-18(26-17(15)28-19)29(5-2)6-3/h4,7-9,11-12H,1,5-6,10H2,2-3H3,(H,24,25,26,27,28). The molecule has 0 spiro atoms. The third-order valence-corrected chi connectivity index (χ3v) is 5.09. The Morgan fingerprint density at radius 3 is 2.60 bits per heavy atom. The molecule has 1 aromatic carbocycles. The number of anilines is 3. The van der Waals surface area contributed by atoms with Crippen molar-refractivity contribution in [3.8, 4) is 0 Å². The van der Waals surface area contributed by atoms with Crippen LogP contribution in [-0.4, -0.2) is 38.8 Å². The zero-order valence-corrected chi connectivity index (χ0v) is 17.4. The van der Waals surface area contributed by atoms with E-state index in [-0.39, 0.29) is 5.69 Å². The first-order valence-corrected chi connectivity index (χ1v) is 10.3. The number of halogens is 3. The van der Waals surface area contributed by atoms with Gasteiger partial charge in [-0.25, -0.2) is 15.0 Å². The van der Waals surface area contributed by atoms with Crippen molar-refractivity contribution < 1.29 is 13.2 Å². The van der Waals surface area contributed by atoms with E-state index in [1.807, 2.05) is 18.7 Å². The highest BCUT2D eigenvalue weighted by atomic mass is 32.2. The number of nitrogens with zero attached hydrogens (tertiary/aromatic N) is 5. The molecule has 30 heavy (non-hydrogen) atoms. The number of hydrogen-bond donors (Lipinski definition) is 1. The fourth-order valence-corrected chi connectivity index (χ4v) is 3.32. The van der Waals surface area contributed by atoms with Crippen LogP contribution >= 0.6 is 11.8 Å². The quantitative estimate of drug-likeness (QED) is 0.293. The van der Waals surface area contributed by atoms with Crippen LogP contribution in [0, 0.1) is 0 Å². The maximum atomic E-state index is 13.1. The molecular formula is C20H21F3N6S. The van der Waals surface area contributed by atoms with Crippen LogP contribution in [0.2, 0.25) is 0 Å². The number of nitrogens with one attached hydrogen (secondary N) is 1. The molecule has 0 amide bonds. The Kier molecular flexibility index (Phi) is 6.76. The van der Waals surface area contributed by atoms with E-state index in [4.69, 9.17) is 0 Å². The lowest BCUT2D eigenvalue weighted by Crippen LogP contribution is -2.24. The van der Waals surface area contributed by atoms with E-state index < -0.39 is 11.7 Å². The molecule has 0 atom stereocenters. The van der Waals surface area contributed by atoms with Crippen molar-refractivity contribution in [3.05, 3.63) is 48.7 Å². The highest BCUT2D eigenvalue weighted by molar-refractivity contribution is 7.99. The third-order valence-electron chi connectivity index (χ3n) is 4.25. The molecule has 158 valence electrons. The summed E-state index contributed by atoms with van der Waals surface area (Å²) in [7, 11) is 0. The highest BCUT2D eigenvalue weighted by Crippen LogP contribution is 2.32. The smallest absolute Gasteiger partial charge is 0.341 e. The largest absolute Gasteiger partial charge is 0.416 e. The third kappa shape index (κ3) is 4.99. The normalized spacial score (nSPS) is 11.5. The van der Waals surface area contributed by atoms with Gasteiger partial charge in [0, 0.05) is 30.7 Å². The molecule has 0 fully saturated rings. The van der Waals surface area contributed by atoms with Crippen molar-refractivity contribution in [1.82, 2.24) is 19.9 Å². The zero-order chi connectivity index (χ0) is 21.7. The van der Waals surface area contributed by atoms with E-state index >= 15 is 0 Å². The highest BCUT2D eigenvalue weighted by Gasteiger charge is 2.30. The maximum Gasteiger partial charge on any atom is 0.416 e. The van der Waals surface area contributed by atoms with Crippen LogP contribution in [-0.2, 0) is 6.18 Å². The van der Waals surface area contributed by atoms with Gasteiger partial charge >= 0.3 is 6.18 Å². The van der Waals surface area contributed by atoms with E-state index in [2.05, 4.69) is 31.8 Å². The van der Waals surface area contributed by atoms with Crippen LogP contribution in [0.4, 0.5) is 30.6 Å². The van der Waals surface area contributed by atoms with Crippen molar-refractivity contribution in [3.63, 3.8) is 0 Å². The summed E-state index contributed by atoms with van der Waals surface area (Å²) in [5.41, 5.74) is -0.0626. The van der Waals surface area contributed by atoms with Gasteiger partial charge in [-0.1, -0.05) is 23.9 Å². The molecule has 0 aliphatic carbocycles. The summed E-state index contributed by atoms with van der Waals surface area (Å²) in [5, 5.41) is 3.93. The monoisotopic (exact) mass is 434 g/mol. The van der Waals surface area contributed by atoms with Crippen LogP contribution < -0.4 is 10.2 Å². The average molecular weight is 434 g/mol. The molecule has 0 saturated heterocycles. The van der Waals surface area contributed by atoms with Gasteiger partial charge in [0.05, 0.1) is 10.9 Å². The van der Waals surface area contributed by atoms with Gasteiger partial charge in [-0.2, -0.15) is 18.2 Å². The maximum absolute atomic E-state index is 13.1. The Hall–Kier alpha value is -2.88. The SMILES string of the molecule is C=CCSc1nc(Nc2cccc(C(F)(F)F)c2)c2cnc(N(CC)CC)nc2n1. The van der Waals surface area contributed by atoms with Gasteiger partial charge in [-0.05, 0) is 32.0 Å². The summed E-state index contributed by atoms with van der Waals surface area (Å²) >= 11 is 1.36. The second-order valence-electron chi connectivity index (χ2n) is 6.24. The summed E-state index contributed by atoms with van der Waals surface area (Å²) in [4.78, 5) is 19.9. The molecule has 0 unspecified atom stereocenters. The molecule has 0 aliphatic heterocycles. The molecule has 0 bridgehead atoms. The summed E-state index contributed by atoms with van der Waals surface area (Å²) in [5.74, 6) is 1.47. The minimum absolute atomic E-state index is 0.261. The molecule has 3 rings (SSSR count). The molecule has 0 aliphatic rings. The van der Waals surface area contributed by atoms with Gasteiger partial charge in [0.2, 0.25) is 5.95 Å². The number of alkyl halides is 3. The first-order valence-electron chi connectivity index (χ1n) is 9.33. The Morgan fingerprint density at radius 1 is 1.17 bits per heavy atom. The summed E-state index contributed by atoms with van der Waals surface area (Å²) in [6, 6.07) is 4.95. The lowest BCUT2D eigenvalue weighted by molar-refractivity contribution is -0.137. The Bertz CT molecular complexity index is 1040.